The Balaban J connectivity index is 1.57. The zero-order valence-corrected chi connectivity index (χ0v) is 15.1. The third kappa shape index (κ3) is 5.09. The van der Waals surface area contributed by atoms with Crippen LogP contribution in [0, 0.1) is 0 Å². The second kappa shape index (κ2) is 9.40. The molecule has 0 aliphatic rings. The second-order valence-corrected chi connectivity index (χ2v) is 5.72. The fourth-order valence-corrected chi connectivity index (χ4v) is 2.59. The average molecular weight is 363 g/mol. The summed E-state index contributed by atoms with van der Waals surface area (Å²) in [6.07, 6.45) is 0. The SMILES string of the molecule is COc1ccc(C(=O)NOCCOc2ccccc2)cc1-c1ccccc1. The molecule has 3 rings (SSSR count). The van der Waals surface area contributed by atoms with Gasteiger partial charge in [-0.1, -0.05) is 48.5 Å². The number of rotatable bonds is 8. The van der Waals surface area contributed by atoms with Crippen molar-refractivity contribution in [1.82, 2.24) is 5.48 Å². The minimum atomic E-state index is -0.324. The van der Waals surface area contributed by atoms with Crippen molar-refractivity contribution in [2.45, 2.75) is 0 Å². The normalized spacial score (nSPS) is 10.3. The van der Waals surface area contributed by atoms with Crippen LogP contribution in [0.25, 0.3) is 11.1 Å². The maximum atomic E-state index is 12.3. The van der Waals surface area contributed by atoms with Crippen molar-refractivity contribution < 1.29 is 19.1 Å². The minimum Gasteiger partial charge on any atom is -0.496 e. The Labute approximate surface area is 158 Å². The van der Waals surface area contributed by atoms with E-state index in [1.54, 1.807) is 25.3 Å². The maximum Gasteiger partial charge on any atom is 0.274 e. The zero-order chi connectivity index (χ0) is 18.9. The molecular weight excluding hydrogens is 342 g/mol. The van der Waals surface area contributed by atoms with Gasteiger partial charge in [-0.25, -0.2) is 5.48 Å². The molecule has 0 spiro atoms. The fraction of sp³-hybridized carbons (Fsp3) is 0.136. The van der Waals surface area contributed by atoms with E-state index in [0.29, 0.717) is 17.9 Å². The first-order valence-corrected chi connectivity index (χ1v) is 8.61. The van der Waals surface area contributed by atoms with Gasteiger partial charge in [-0.05, 0) is 35.9 Å². The second-order valence-electron chi connectivity index (χ2n) is 5.72. The summed E-state index contributed by atoms with van der Waals surface area (Å²) in [5.74, 6) is 1.14. The summed E-state index contributed by atoms with van der Waals surface area (Å²) in [6.45, 7) is 0.574. The van der Waals surface area contributed by atoms with Crippen molar-refractivity contribution in [3.05, 3.63) is 84.4 Å². The van der Waals surface area contributed by atoms with Gasteiger partial charge >= 0.3 is 0 Å². The van der Waals surface area contributed by atoms with Crippen LogP contribution in [-0.2, 0) is 4.84 Å². The highest BCUT2D eigenvalue weighted by atomic mass is 16.7. The third-order valence-electron chi connectivity index (χ3n) is 3.91. The zero-order valence-electron chi connectivity index (χ0n) is 15.1. The van der Waals surface area contributed by atoms with Gasteiger partial charge in [0.15, 0.2) is 0 Å². The van der Waals surface area contributed by atoms with Crippen LogP contribution in [0.15, 0.2) is 78.9 Å². The summed E-state index contributed by atoms with van der Waals surface area (Å²) < 4.78 is 10.9. The first kappa shape index (κ1) is 18.5. The molecule has 3 aromatic carbocycles. The quantitative estimate of drug-likeness (QED) is 0.483. The summed E-state index contributed by atoms with van der Waals surface area (Å²) >= 11 is 0. The van der Waals surface area contributed by atoms with E-state index in [4.69, 9.17) is 14.3 Å². The van der Waals surface area contributed by atoms with Gasteiger partial charge in [-0.2, -0.15) is 0 Å². The molecule has 0 aliphatic heterocycles. The molecule has 5 heteroatoms. The van der Waals surface area contributed by atoms with E-state index in [2.05, 4.69) is 5.48 Å². The Morgan fingerprint density at radius 2 is 1.59 bits per heavy atom. The molecule has 0 unspecified atom stereocenters. The van der Waals surface area contributed by atoms with E-state index in [-0.39, 0.29) is 12.5 Å². The Kier molecular flexibility index (Phi) is 6.44. The molecule has 0 aliphatic carbocycles. The van der Waals surface area contributed by atoms with Crippen LogP contribution in [0.1, 0.15) is 10.4 Å². The Morgan fingerprint density at radius 1 is 0.889 bits per heavy atom. The lowest BCUT2D eigenvalue weighted by Gasteiger charge is -2.12. The van der Waals surface area contributed by atoms with Crippen LogP contribution < -0.4 is 15.0 Å². The van der Waals surface area contributed by atoms with E-state index >= 15 is 0 Å². The number of hydrogen-bond donors (Lipinski definition) is 1. The van der Waals surface area contributed by atoms with Gasteiger partial charge in [-0.3, -0.25) is 9.63 Å². The van der Waals surface area contributed by atoms with Crippen LogP contribution in [0.4, 0.5) is 0 Å². The fourth-order valence-electron chi connectivity index (χ4n) is 2.59. The molecule has 5 nitrogen and oxygen atoms in total. The topological polar surface area (TPSA) is 56.8 Å². The van der Waals surface area contributed by atoms with E-state index in [0.717, 1.165) is 16.9 Å². The van der Waals surface area contributed by atoms with Gasteiger partial charge in [0, 0.05) is 11.1 Å². The van der Waals surface area contributed by atoms with Crippen LogP contribution in [0.3, 0.4) is 0 Å². The molecule has 138 valence electrons. The number of benzene rings is 3. The molecular formula is C22H21NO4. The lowest BCUT2D eigenvalue weighted by atomic mass is 10.0. The number of amides is 1. The molecule has 1 amide bonds. The van der Waals surface area contributed by atoms with Gasteiger partial charge < -0.3 is 9.47 Å². The molecule has 1 N–H and O–H groups in total. The van der Waals surface area contributed by atoms with Crippen LogP contribution >= 0.6 is 0 Å². The standard InChI is InChI=1S/C22H21NO4/c1-25-21-13-12-18(16-20(21)17-8-4-2-5-9-17)22(24)23-27-15-14-26-19-10-6-3-7-11-19/h2-13,16H,14-15H2,1H3,(H,23,24). The number of carbonyl (C=O) groups is 1. The summed E-state index contributed by atoms with van der Waals surface area (Å²) in [6, 6.07) is 24.5. The highest BCUT2D eigenvalue weighted by molar-refractivity contribution is 5.95. The van der Waals surface area contributed by atoms with Crippen molar-refractivity contribution in [2.75, 3.05) is 20.3 Å². The molecule has 27 heavy (non-hydrogen) atoms. The largest absolute Gasteiger partial charge is 0.496 e. The number of hydrogen-bond acceptors (Lipinski definition) is 4. The lowest BCUT2D eigenvalue weighted by molar-refractivity contribution is 0.0200. The van der Waals surface area contributed by atoms with Gasteiger partial charge in [0.05, 0.1) is 7.11 Å². The number of methoxy groups -OCH3 is 1. The molecule has 0 aromatic heterocycles. The Bertz CT molecular complexity index is 866. The highest BCUT2D eigenvalue weighted by Gasteiger charge is 2.11. The summed E-state index contributed by atoms with van der Waals surface area (Å²) in [5, 5.41) is 0. The Morgan fingerprint density at radius 3 is 2.30 bits per heavy atom. The first-order chi connectivity index (χ1) is 13.3. The van der Waals surface area contributed by atoms with Crippen molar-refractivity contribution in [3.8, 4) is 22.6 Å². The molecule has 0 atom stereocenters. The van der Waals surface area contributed by atoms with Gasteiger partial charge in [-0.15, -0.1) is 0 Å². The molecule has 0 saturated carbocycles. The van der Waals surface area contributed by atoms with Crippen molar-refractivity contribution >= 4 is 5.91 Å². The molecule has 0 saturated heterocycles. The number of hydroxylamine groups is 1. The van der Waals surface area contributed by atoms with E-state index in [1.807, 2.05) is 60.7 Å². The van der Waals surface area contributed by atoms with Crippen molar-refractivity contribution in [2.24, 2.45) is 0 Å². The number of nitrogens with one attached hydrogen (secondary N) is 1. The van der Waals surface area contributed by atoms with Crippen LogP contribution in [-0.4, -0.2) is 26.2 Å². The van der Waals surface area contributed by atoms with E-state index < -0.39 is 0 Å². The summed E-state index contributed by atoms with van der Waals surface area (Å²) in [5.41, 5.74) is 4.75. The summed E-state index contributed by atoms with van der Waals surface area (Å²) in [4.78, 5) is 17.6. The predicted molar refractivity (Wildman–Crippen MR) is 104 cm³/mol. The van der Waals surface area contributed by atoms with E-state index in [1.165, 1.54) is 0 Å². The van der Waals surface area contributed by atoms with Gasteiger partial charge in [0.2, 0.25) is 0 Å². The smallest absolute Gasteiger partial charge is 0.274 e. The van der Waals surface area contributed by atoms with Gasteiger partial charge in [0.25, 0.3) is 5.91 Å². The lowest BCUT2D eigenvalue weighted by Crippen LogP contribution is -2.26. The van der Waals surface area contributed by atoms with Crippen LogP contribution in [0.5, 0.6) is 11.5 Å². The number of carbonyl (C=O) groups excluding carboxylic acids is 1. The third-order valence-corrected chi connectivity index (χ3v) is 3.91. The van der Waals surface area contributed by atoms with Crippen molar-refractivity contribution in [1.29, 1.82) is 0 Å². The molecule has 0 radical (unpaired) electrons. The minimum absolute atomic E-state index is 0.238. The average Bonchev–Trinajstić information content (AvgIpc) is 2.74. The molecule has 3 aromatic rings. The predicted octanol–water partition coefficient (Wildman–Crippen LogP) is 4.10. The first-order valence-electron chi connectivity index (χ1n) is 8.61. The van der Waals surface area contributed by atoms with Crippen LogP contribution in [0.2, 0.25) is 0 Å². The molecule has 0 fully saturated rings. The van der Waals surface area contributed by atoms with E-state index in [9.17, 15) is 4.79 Å². The monoisotopic (exact) mass is 363 g/mol. The maximum absolute atomic E-state index is 12.3. The number of para-hydroxylation sites is 1. The number of ether oxygens (including phenoxy) is 2. The summed E-state index contributed by atoms with van der Waals surface area (Å²) in [7, 11) is 1.61. The highest BCUT2D eigenvalue weighted by Crippen LogP contribution is 2.30. The van der Waals surface area contributed by atoms with Crippen molar-refractivity contribution in [3.63, 3.8) is 0 Å². The molecule has 0 bridgehead atoms. The molecule has 0 heterocycles. The van der Waals surface area contributed by atoms with Gasteiger partial charge in [0.1, 0.15) is 24.7 Å². The Hall–Kier alpha value is -3.31.